The maximum absolute atomic E-state index is 13.2. The molecule has 0 aliphatic rings. The van der Waals surface area contributed by atoms with Gasteiger partial charge in [-0.2, -0.15) is 0 Å². The fourth-order valence-corrected chi connectivity index (χ4v) is 4.14. The average Bonchev–Trinajstić information content (AvgIpc) is 3.13. The fourth-order valence-electron chi connectivity index (χ4n) is 4.14. The molecular weight excluding hydrogens is 356 g/mol. The summed E-state index contributed by atoms with van der Waals surface area (Å²) in [5.41, 5.74) is 5.06. The molecule has 2 heterocycles. The van der Waals surface area contributed by atoms with Gasteiger partial charge in [0.05, 0.1) is 5.69 Å². The van der Waals surface area contributed by atoms with E-state index in [0.717, 1.165) is 48.1 Å². The van der Waals surface area contributed by atoms with Gasteiger partial charge in [-0.1, -0.05) is 51.1 Å². The third-order valence-corrected chi connectivity index (χ3v) is 5.59. The quantitative estimate of drug-likeness (QED) is 0.387. The Morgan fingerprint density at radius 3 is 2.31 bits per heavy atom. The number of ketones is 1. The molecule has 3 nitrogen and oxygen atoms in total. The number of carbonyl (C=O) groups excluding carboxylic acids is 1. The largest absolute Gasteiger partial charge is 0.313 e. The van der Waals surface area contributed by atoms with E-state index in [1.807, 2.05) is 34.9 Å². The van der Waals surface area contributed by atoms with Crippen LogP contribution < -0.4 is 0 Å². The van der Waals surface area contributed by atoms with Crippen molar-refractivity contribution in [2.75, 3.05) is 19.6 Å². The summed E-state index contributed by atoms with van der Waals surface area (Å²) in [7, 11) is 0. The van der Waals surface area contributed by atoms with Gasteiger partial charge in [0, 0.05) is 17.3 Å². The molecule has 0 aliphatic carbocycles. The van der Waals surface area contributed by atoms with Crippen LogP contribution in [0.15, 0.2) is 54.7 Å². The molecule has 1 aromatic carbocycles. The maximum Gasteiger partial charge on any atom is 0.210 e. The lowest BCUT2D eigenvalue weighted by Gasteiger charge is -2.20. The first kappa shape index (κ1) is 21.3. The lowest BCUT2D eigenvalue weighted by atomic mass is 10.0. The zero-order valence-corrected chi connectivity index (χ0v) is 18.2. The van der Waals surface area contributed by atoms with Gasteiger partial charge in [-0.05, 0) is 81.1 Å². The van der Waals surface area contributed by atoms with E-state index in [9.17, 15) is 4.79 Å². The van der Waals surface area contributed by atoms with E-state index < -0.39 is 0 Å². The van der Waals surface area contributed by atoms with Crippen molar-refractivity contribution < 1.29 is 4.79 Å². The van der Waals surface area contributed by atoms with Gasteiger partial charge in [0.2, 0.25) is 5.78 Å². The summed E-state index contributed by atoms with van der Waals surface area (Å²) >= 11 is 0. The molecule has 0 atom stereocenters. The number of aryl methyl sites for hydroxylation is 2. The predicted molar refractivity (Wildman–Crippen MR) is 122 cm³/mol. The normalized spacial score (nSPS) is 11.4. The highest BCUT2D eigenvalue weighted by molar-refractivity contribution is 6.09. The standard InChI is InChI=1S/C26H34N2O/c1-4-16-27(17-5-2)18-9-10-21-12-14-23(15-13-21)26(29)25-22(6-3)20-24-11-7-8-19-28(24)25/h7-8,11-15,19-20H,4-6,9-10,16-18H2,1-3H3. The van der Waals surface area contributed by atoms with Crippen LogP contribution in [-0.4, -0.2) is 34.7 Å². The van der Waals surface area contributed by atoms with Crippen LogP contribution in [0.25, 0.3) is 5.52 Å². The number of rotatable bonds is 11. The van der Waals surface area contributed by atoms with Crippen LogP contribution in [0.2, 0.25) is 0 Å². The molecule has 0 amide bonds. The molecule has 0 spiro atoms. The Kier molecular flexibility index (Phi) is 7.65. The first-order chi connectivity index (χ1) is 14.2. The highest BCUT2D eigenvalue weighted by atomic mass is 16.1. The van der Waals surface area contributed by atoms with Crippen molar-refractivity contribution in [2.24, 2.45) is 0 Å². The second kappa shape index (κ2) is 10.4. The summed E-state index contributed by atoms with van der Waals surface area (Å²) in [6.45, 7) is 10.1. The van der Waals surface area contributed by atoms with Crippen molar-refractivity contribution in [3.05, 3.63) is 77.1 Å². The lowest BCUT2D eigenvalue weighted by molar-refractivity contribution is 0.103. The van der Waals surface area contributed by atoms with Crippen molar-refractivity contribution >= 4 is 11.3 Å². The zero-order chi connectivity index (χ0) is 20.6. The number of carbonyl (C=O) groups is 1. The number of fused-ring (bicyclic) bond motifs is 1. The van der Waals surface area contributed by atoms with Crippen molar-refractivity contribution in [2.45, 2.75) is 52.9 Å². The topological polar surface area (TPSA) is 24.7 Å². The van der Waals surface area contributed by atoms with Crippen LogP contribution in [0.5, 0.6) is 0 Å². The Hall–Kier alpha value is -2.39. The number of benzene rings is 1. The van der Waals surface area contributed by atoms with E-state index in [1.54, 1.807) is 0 Å². The Labute approximate surface area is 175 Å². The highest BCUT2D eigenvalue weighted by Crippen LogP contribution is 2.21. The molecule has 0 bridgehead atoms. The minimum absolute atomic E-state index is 0.108. The molecule has 29 heavy (non-hydrogen) atoms. The molecule has 0 saturated heterocycles. The van der Waals surface area contributed by atoms with Gasteiger partial charge >= 0.3 is 0 Å². The molecule has 0 fully saturated rings. The summed E-state index contributed by atoms with van der Waals surface area (Å²) in [6.07, 6.45) is 7.49. The van der Waals surface area contributed by atoms with Crippen molar-refractivity contribution in [1.29, 1.82) is 0 Å². The first-order valence-electron chi connectivity index (χ1n) is 11.1. The predicted octanol–water partition coefficient (Wildman–Crippen LogP) is 5.79. The second-order valence-electron chi connectivity index (χ2n) is 7.84. The number of nitrogens with zero attached hydrogens (tertiary/aromatic N) is 2. The zero-order valence-electron chi connectivity index (χ0n) is 18.2. The Morgan fingerprint density at radius 2 is 1.66 bits per heavy atom. The first-order valence-corrected chi connectivity index (χ1v) is 11.1. The summed E-state index contributed by atoms with van der Waals surface area (Å²) < 4.78 is 2.02. The van der Waals surface area contributed by atoms with Crippen molar-refractivity contribution in [1.82, 2.24) is 9.30 Å². The van der Waals surface area contributed by atoms with Gasteiger partial charge in [0.15, 0.2) is 0 Å². The van der Waals surface area contributed by atoms with Crippen LogP contribution in [0.1, 0.15) is 67.2 Å². The lowest BCUT2D eigenvalue weighted by Crippen LogP contribution is -2.26. The van der Waals surface area contributed by atoms with E-state index in [1.165, 1.54) is 31.5 Å². The third-order valence-electron chi connectivity index (χ3n) is 5.59. The summed E-state index contributed by atoms with van der Waals surface area (Å²) in [5, 5.41) is 0. The van der Waals surface area contributed by atoms with E-state index in [4.69, 9.17) is 0 Å². The van der Waals surface area contributed by atoms with E-state index in [2.05, 4.69) is 49.9 Å². The summed E-state index contributed by atoms with van der Waals surface area (Å²) in [4.78, 5) is 15.8. The Balaban J connectivity index is 1.68. The third kappa shape index (κ3) is 5.16. The minimum atomic E-state index is 0.108. The molecule has 3 heteroatoms. The highest BCUT2D eigenvalue weighted by Gasteiger charge is 2.18. The van der Waals surface area contributed by atoms with Crippen LogP contribution >= 0.6 is 0 Å². The molecule has 0 aliphatic heterocycles. The number of aromatic nitrogens is 1. The van der Waals surface area contributed by atoms with E-state index in [0.29, 0.717) is 0 Å². The summed E-state index contributed by atoms with van der Waals surface area (Å²) in [5.74, 6) is 0.108. The number of pyridine rings is 1. The minimum Gasteiger partial charge on any atom is -0.313 e. The molecule has 0 radical (unpaired) electrons. The van der Waals surface area contributed by atoms with Gasteiger partial charge in [-0.3, -0.25) is 4.79 Å². The molecule has 3 aromatic rings. The second-order valence-corrected chi connectivity index (χ2v) is 7.84. The average molecular weight is 391 g/mol. The SMILES string of the molecule is CCCN(CCC)CCCc1ccc(C(=O)c2c(CC)cc3ccccn23)cc1. The van der Waals surface area contributed by atoms with Gasteiger partial charge in [-0.25, -0.2) is 0 Å². The van der Waals surface area contributed by atoms with Gasteiger partial charge in [-0.15, -0.1) is 0 Å². The van der Waals surface area contributed by atoms with Crippen molar-refractivity contribution in [3.8, 4) is 0 Å². The van der Waals surface area contributed by atoms with Gasteiger partial charge in [0.25, 0.3) is 0 Å². The monoisotopic (exact) mass is 390 g/mol. The van der Waals surface area contributed by atoms with E-state index >= 15 is 0 Å². The molecule has 0 saturated carbocycles. The van der Waals surface area contributed by atoms with Crippen LogP contribution in [0.4, 0.5) is 0 Å². The van der Waals surface area contributed by atoms with E-state index in [-0.39, 0.29) is 5.78 Å². The Morgan fingerprint density at radius 1 is 0.931 bits per heavy atom. The Bertz CT molecular complexity index is 918. The molecule has 2 aromatic heterocycles. The maximum atomic E-state index is 13.2. The number of hydrogen-bond donors (Lipinski definition) is 0. The molecule has 154 valence electrons. The van der Waals surface area contributed by atoms with Crippen LogP contribution in [-0.2, 0) is 12.8 Å². The number of hydrogen-bond acceptors (Lipinski definition) is 2. The van der Waals surface area contributed by atoms with Gasteiger partial charge < -0.3 is 9.30 Å². The van der Waals surface area contributed by atoms with Crippen molar-refractivity contribution in [3.63, 3.8) is 0 Å². The van der Waals surface area contributed by atoms with Gasteiger partial charge in [0.1, 0.15) is 0 Å². The smallest absolute Gasteiger partial charge is 0.210 e. The van der Waals surface area contributed by atoms with Crippen LogP contribution in [0.3, 0.4) is 0 Å². The fraction of sp³-hybridized carbons (Fsp3) is 0.423. The molecule has 0 N–H and O–H groups in total. The molecule has 3 rings (SSSR count). The molecular formula is C26H34N2O. The molecule has 0 unspecified atom stereocenters. The van der Waals surface area contributed by atoms with Crippen LogP contribution in [0, 0.1) is 0 Å². The summed E-state index contributed by atoms with van der Waals surface area (Å²) in [6, 6.07) is 16.4.